The van der Waals surface area contributed by atoms with Crippen molar-refractivity contribution in [1.29, 1.82) is 0 Å². The topological polar surface area (TPSA) is 198 Å². The molecular formula is C43H55N7O8S2. The summed E-state index contributed by atoms with van der Waals surface area (Å²) in [6.45, 7) is 6.07. The second-order valence-electron chi connectivity index (χ2n) is 17.4. The molecule has 8 rings (SSSR count). The highest BCUT2D eigenvalue weighted by molar-refractivity contribution is 7.91. The monoisotopic (exact) mass is 861 g/mol. The van der Waals surface area contributed by atoms with Crippen molar-refractivity contribution < 1.29 is 37.1 Å². The van der Waals surface area contributed by atoms with Gasteiger partial charge in [-0.2, -0.15) is 0 Å². The van der Waals surface area contributed by atoms with Crippen LogP contribution in [0.1, 0.15) is 103 Å². The van der Waals surface area contributed by atoms with Crippen molar-refractivity contribution in [3.63, 3.8) is 0 Å². The van der Waals surface area contributed by atoms with E-state index < -0.39 is 68.7 Å². The standard InChI is InChI=1S/C43H55N7O8S2/c1-25(2)44-41-46-35(24-59-41)34-21-37(31-18-15-26(3)19-33(31)45-34)57-29-20-36-38(51)48-43(40(53)49-60(55,56)30-16-17-30)22-27(43)11-7-5-4-6-8-14-32(39(52)50(36)23-29)47-42(54)58-28-12-9-10-13-28/h7,11,15,18-19,21,24-25,27-30,32,36H,4-6,8-10,12-14,16-17,20,22-23H2,1-3H3,(H,44,46)(H,47,54)(H,48,51)(H,49,53)/b11-7-/t27-,29-,32+,36+,43-/m1/s1. The van der Waals surface area contributed by atoms with Crippen molar-refractivity contribution in [1.82, 2.24) is 30.2 Å². The molecule has 4 fully saturated rings. The Morgan fingerprint density at radius 1 is 0.983 bits per heavy atom. The van der Waals surface area contributed by atoms with Crippen LogP contribution in [-0.2, 0) is 29.1 Å². The highest BCUT2D eigenvalue weighted by Crippen LogP contribution is 2.46. The number of alkyl carbamates (subject to hydrolysis) is 1. The molecule has 3 aliphatic carbocycles. The van der Waals surface area contributed by atoms with Gasteiger partial charge >= 0.3 is 6.09 Å². The molecule has 0 radical (unpaired) electrons. The number of carbonyl (C=O) groups excluding carboxylic acids is 4. The molecule has 2 aliphatic heterocycles. The van der Waals surface area contributed by atoms with Crippen LogP contribution in [-0.4, -0.2) is 94.8 Å². The Morgan fingerprint density at radius 3 is 2.53 bits per heavy atom. The molecule has 17 heteroatoms. The van der Waals surface area contributed by atoms with Gasteiger partial charge in [-0.1, -0.05) is 31.1 Å². The highest BCUT2D eigenvalue weighted by Gasteiger charge is 2.62. The third kappa shape index (κ3) is 9.41. The first-order chi connectivity index (χ1) is 28.8. The lowest BCUT2D eigenvalue weighted by molar-refractivity contribution is -0.141. The van der Waals surface area contributed by atoms with Crippen LogP contribution in [0.2, 0.25) is 0 Å². The summed E-state index contributed by atoms with van der Waals surface area (Å²) in [6, 6.07) is 5.82. The SMILES string of the molecule is Cc1ccc2c(O[C@@H]3C[C@H]4C(=O)N[C@]5(C(=O)NS(=O)(=O)C6CC6)C[C@H]5/C=C\CCCCC[C@H](NC(=O)OC5CCCC5)C(=O)N4C3)cc(-c3csc(NC(C)C)n3)nc2c1. The Hall–Kier alpha value is -4.77. The summed E-state index contributed by atoms with van der Waals surface area (Å²) in [7, 11) is -3.90. The number of ether oxygens (including phenoxy) is 2. The molecular weight excluding hydrogens is 807 g/mol. The van der Waals surface area contributed by atoms with E-state index in [9.17, 15) is 27.6 Å². The van der Waals surface area contributed by atoms with E-state index in [1.54, 1.807) is 0 Å². The number of allylic oxidation sites excluding steroid dienone is 1. The van der Waals surface area contributed by atoms with Crippen LogP contribution in [0.25, 0.3) is 22.3 Å². The minimum Gasteiger partial charge on any atom is -0.488 e. The van der Waals surface area contributed by atoms with Gasteiger partial charge in [0.2, 0.25) is 21.8 Å². The lowest BCUT2D eigenvalue weighted by Crippen LogP contribution is -2.58. The van der Waals surface area contributed by atoms with Gasteiger partial charge in [-0.05, 0) is 103 Å². The maximum absolute atomic E-state index is 14.7. The minimum absolute atomic E-state index is 0.00945. The number of nitrogens with zero attached hydrogens (tertiary/aromatic N) is 3. The van der Waals surface area contributed by atoms with Crippen molar-refractivity contribution in [2.45, 2.75) is 145 Å². The van der Waals surface area contributed by atoms with Gasteiger partial charge < -0.3 is 30.3 Å². The largest absolute Gasteiger partial charge is 0.488 e. The second-order valence-corrected chi connectivity index (χ2v) is 20.2. The number of fused-ring (bicyclic) bond motifs is 3. The molecule has 2 aromatic heterocycles. The number of hydrogen-bond acceptors (Lipinski definition) is 12. The number of sulfonamides is 1. The number of pyridine rings is 1. The van der Waals surface area contributed by atoms with Crippen molar-refractivity contribution in [2.24, 2.45) is 5.92 Å². The molecule has 5 aliphatic rings. The molecule has 3 saturated carbocycles. The van der Waals surface area contributed by atoms with E-state index in [2.05, 4.69) is 20.7 Å². The molecule has 4 amide bonds. The molecule has 0 unspecified atom stereocenters. The molecule has 4 N–H and O–H groups in total. The first-order valence-electron chi connectivity index (χ1n) is 21.4. The number of nitrogens with one attached hydrogen (secondary N) is 4. The fourth-order valence-corrected chi connectivity index (χ4v) is 10.8. The van der Waals surface area contributed by atoms with Gasteiger partial charge in [0.1, 0.15) is 41.3 Å². The van der Waals surface area contributed by atoms with Crippen LogP contribution < -0.4 is 25.4 Å². The maximum atomic E-state index is 14.7. The Bertz CT molecular complexity index is 2270. The predicted octanol–water partition coefficient (Wildman–Crippen LogP) is 5.88. The maximum Gasteiger partial charge on any atom is 0.408 e. The lowest BCUT2D eigenvalue weighted by Gasteiger charge is -2.30. The van der Waals surface area contributed by atoms with Crippen molar-refractivity contribution in [2.75, 3.05) is 11.9 Å². The van der Waals surface area contributed by atoms with Crippen LogP contribution in [0, 0.1) is 12.8 Å². The quantitative estimate of drug-likeness (QED) is 0.178. The number of benzene rings is 1. The van der Waals surface area contributed by atoms with E-state index >= 15 is 0 Å². The van der Waals surface area contributed by atoms with E-state index in [0.29, 0.717) is 54.8 Å². The van der Waals surface area contributed by atoms with Crippen molar-refractivity contribution >= 4 is 61.2 Å². The van der Waals surface area contributed by atoms with Crippen LogP contribution in [0.5, 0.6) is 5.75 Å². The summed E-state index contributed by atoms with van der Waals surface area (Å²) >= 11 is 1.48. The van der Waals surface area contributed by atoms with Crippen LogP contribution >= 0.6 is 11.3 Å². The minimum atomic E-state index is -3.90. The molecule has 15 nitrogen and oxygen atoms in total. The van der Waals surface area contributed by atoms with E-state index in [1.807, 2.05) is 62.6 Å². The van der Waals surface area contributed by atoms with Gasteiger partial charge in [-0.3, -0.25) is 19.1 Å². The van der Waals surface area contributed by atoms with Gasteiger partial charge in [-0.15, -0.1) is 11.3 Å². The van der Waals surface area contributed by atoms with Crippen molar-refractivity contribution in [3.05, 3.63) is 47.4 Å². The summed E-state index contributed by atoms with van der Waals surface area (Å²) in [4.78, 5) is 67.6. The summed E-state index contributed by atoms with van der Waals surface area (Å²) in [6.07, 6.45) is 10.3. The zero-order chi connectivity index (χ0) is 42.2. The Balaban J connectivity index is 1.11. The molecule has 60 heavy (non-hydrogen) atoms. The van der Waals surface area contributed by atoms with Crippen LogP contribution in [0.4, 0.5) is 9.93 Å². The molecule has 3 aromatic rings. The number of rotatable bonds is 10. The predicted molar refractivity (Wildman–Crippen MR) is 228 cm³/mol. The van der Waals surface area contributed by atoms with Crippen LogP contribution in [0.3, 0.4) is 0 Å². The van der Waals surface area contributed by atoms with Gasteiger partial charge in [0.25, 0.3) is 5.91 Å². The first kappa shape index (κ1) is 41.9. The zero-order valence-corrected chi connectivity index (χ0v) is 36.0. The molecule has 5 atom stereocenters. The van der Waals surface area contributed by atoms with Crippen molar-refractivity contribution in [3.8, 4) is 17.1 Å². The van der Waals surface area contributed by atoms with E-state index in [0.717, 1.165) is 54.6 Å². The fraction of sp³-hybridized carbons (Fsp3) is 0.581. The Labute approximate surface area is 354 Å². The number of carbonyl (C=O) groups is 4. The highest BCUT2D eigenvalue weighted by atomic mass is 32.2. The van der Waals surface area contributed by atoms with Gasteiger partial charge in [0, 0.05) is 35.2 Å². The second kappa shape index (κ2) is 17.3. The average molecular weight is 862 g/mol. The molecule has 4 heterocycles. The van der Waals surface area contributed by atoms with E-state index in [1.165, 1.54) is 16.2 Å². The lowest BCUT2D eigenvalue weighted by atomic mass is 10.0. The zero-order valence-electron chi connectivity index (χ0n) is 34.4. The number of hydrogen-bond donors (Lipinski definition) is 4. The van der Waals surface area contributed by atoms with Crippen LogP contribution in [0.15, 0.2) is 41.8 Å². The fourth-order valence-electron chi connectivity index (χ4n) is 8.60. The van der Waals surface area contributed by atoms with Gasteiger partial charge in [-0.25, -0.2) is 23.2 Å². The van der Waals surface area contributed by atoms with Gasteiger partial charge in [0.15, 0.2) is 5.13 Å². The third-order valence-electron chi connectivity index (χ3n) is 12.1. The normalized spacial score (nSPS) is 27.0. The smallest absolute Gasteiger partial charge is 0.408 e. The molecule has 1 saturated heterocycles. The first-order valence-corrected chi connectivity index (χ1v) is 23.8. The average Bonchev–Trinajstić information content (AvgIpc) is 3.98. The third-order valence-corrected chi connectivity index (χ3v) is 14.7. The summed E-state index contributed by atoms with van der Waals surface area (Å²) < 4.78 is 40.6. The number of aryl methyl sites for hydroxylation is 1. The summed E-state index contributed by atoms with van der Waals surface area (Å²) in [5.41, 5.74) is 1.47. The number of anilines is 1. The number of aromatic nitrogens is 2. The molecule has 322 valence electrons. The Kier molecular flexibility index (Phi) is 12.1. The molecule has 0 spiro atoms. The molecule has 1 aromatic carbocycles. The number of amides is 4. The Morgan fingerprint density at radius 2 is 1.77 bits per heavy atom. The summed E-state index contributed by atoms with van der Waals surface area (Å²) in [5, 5.41) is 11.9. The summed E-state index contributed by atoms with van der Waals surface area (Å²) in [5.74, 6) is -1.76. The number of thiazole rings is 1. The van der Waals surface area contributed by atoms with E-state index in [4.69, 9.17) is 19.4 Å². The van der Waals surface area contributed by atoms with Gasteiger partial charge in [0.05, 0.1) is 23.0 Å². The van der Waals surface area contributed by atoms with E-state index in [-0.39, 0.29) is 31.5 Å². The molecule has 0 bridgehead atoms.